The van der Waals surface area contributed by atoms with Crippen molar-refractivity contribution in [3.8, 4) is 17.1 Å². The number of nitrogens with zero attached hydrogens (tertiary/aromatic N) is 3. The Hall–Kier alpha value is -2.92. The van der Waals surface area contributed by atoms with E-state index in [-0.39, 0.29) is 23.1 Å². The summed E-state index contributed by atoms with van der Waals surface area (Å²) >= 11 is 4.45. The Kier molecular flexibility index (Phi) is 5.95. The van der Waals surface area contributed by atoms with Gasteiger partial charge in [0, 0.05) is 22.3 Å². The second-order valence-corrected chi connectivity index (χ2v) is 7.58. The van der Waals surface area contributed by atoms with E-state index in [2.05, 4.69) is 36.4 Å². The zero-order chi connectivity index (χ0) is 20.3. The number of H-pyrrole nitrogens is 1. The molecule has 0 saturated heterocycles. The summed E-state index contributed by atoms with van der Waals surface area (Å²) in [5, 5.41) is 30.5. The van der Waals surface area contributed by atoms with Crippen LogP contribution in [0, 0.1) is 17.0 Å². The lowest BCUT2D eigenvalue weighted by Crippen LogP contribution is -2.15. The molecule has 144 valence electrons. The number of carbonyl (C=O) groups is 1. The third kappa shape index (κ3) is 4.67. The lowest BCUT2D eigenvalue weighted by molar-refractivity contribution is -0.384. The van der Waals surface area contributed by atoms with Crippen molar-refractivity contribution in [1.29, 1.82) is 0 Å². The molecule has 0 unspecified atom stereocenters. The van der Waals surface area contributed by atoms with Crippen LogP contribution in [0.4, 0.5) is 11.4 Å². The molecule has 0 aliphatic carbocycles. The smallest absolute Gasteiger partial charge is 0.269 e. The maximum absolute atomic E-state index is 12.2. The van der Waals surface area contributed by atoms with Gasteiger partial charge in [0.1, 0.15) is 5.75 Å². The van der Waals surface area contributed by atoms with E-state index in [1.807, 2.05) is 0 Å². The number of anilines is 1. The van der Waals surface area contributed by atoms with Crippen molar-refractivity contribution in [2.45, 2.75) is 12.1 Å². The van der Waals surface area contributed by atoms with Gasteiger partial charge < -0.3 is 10.4 Å². The highest BCUT2D eigenvalue weighted by Crippen LogP contribution is 2.30. The molecule has 11 heteroatoms. The molecule has 3 N–H and O–H groups in total. The molecule has 3 aromatic rings. The molecule has 0 fully saturated rings. The number of hydrogen-bond acceptors (Lipinski definition) is 7. The van der Waals surface area contributed by atoms with Crippen molar-refractivity contribution < 1.29 is 14.8 Å². The second kappa shape index (κ2) is 8.40. The summed E-state index contributed by atoms with van der Waals surface area (Å²) in [6.07, 6.45) is 0. The first-order valence-corrected chi connectivity index (χ1v) is 9.70. The normalized spacial score (nSPS) is 10.6. The molecule has 0 spiro atoms. The molecular formula is C17H14BrN5O4S. The van der Waals surface area contributed by atoms with Gasteiger partial charge in [-0.05, 0) is 36.8 Å². The summed E-state index contributed by atoms with van der Waals surface area (Å²) in [4.78, 5) is 26.7. The third-order valence-electron chi connectivity index (χ3n) is 3.71. The summed E-state index contributed by atoms with van der Waals surface area (Å²) in [6.45, 7) is 1.68. The van der Waals surface area contributed by atoms with Crippen LogP contribution in [-0.2, 0) is 4.79 Å². The van der Waals surface area contributed by atoms with Gasteiger partial charge in [0.2, 0.25) is 11.1 Å². The number of non-ortho nitro benzene ring substituents is 1. The SMILES string of the molecule is Cc1cc([N+](=O)[O-])ccc1NC(=O)CSc1n[nH]c(-c2cc(Br)ccc2O)n1. The highest BCUT2D eigenvalue weighted by Gasteiger charge is 2.14. The fraction of sp³-hybridized carbons (Fsp3) is 0.118. The first-order valence-electron chi connectivity index (χ1n) is 7.92. The quantitative estimate of drug-likeness (QED) is 0.286. The van der Waals surface area contributed by atoms with Gasteiger partial charge in [-0.2, -0.15) is 0 Å². The van der Waals surface area contributed by atoms with Crippen LogP contribution in [0.25, 0.3) is 11.4 Å². The summed E-state index contributed by atoms with van der Waals surface area (Å²) in [7, 11) is 0. The molecule has 9 nitrogen and oxygen atoms in total. The van der Waals surface area contributed by atoms with Crippen molar-refractivity contribution in [3.63, 3.8) is 0 Å². The maximum atomic E-state index is 12.2. The number of hydrogen-bond donors (Lipinski definition) is 3. The van der Waals surface area contributed by atoms with Crippen molar-refractivity contribution in [3.05, 3.63) is 56.5 Å². The summed E-state index contributed by atoms with van der Waals surface area (Å²) in [5.74, 6) is 0.201. The van der Waals surface area contributed by atoms with Gasteiger partial charge in [0.25, 0.3) is 5.69 Å². The number of thioether (sulfide) groups is 1. The molecule has 0 aliphatic heterocycles. The van der Waals surface area contributed by atoms with E-state index in [1.165, 1.54) is 24.3 Å². The summed E-state index contributed by atoms with van der Waals surface area (Å²) in [5.41, 5.74) is 1.55. The van der Waals surface area contributed by atoms with Gasteiger partial charge in [0.15, 0.2) is 5.82 Å². The van der Waals surface area contributed by atoms with Crippen molar-refractivity contribution in [2.24, 2.45) is 0 Å². The number of benzene rings is 2. The maximum Gasteiger partial charge on any atom is 0.269 e. The van der Waals surface area contributed by atoms with Crippen LogP contribution in [0.5, 0.6) is 5.75 Å². The summed E-state index contributed by atoms with van der Waals surface area (Å²) in [6, 6.07) is 9.17. The van der Waals surface area contributed by atoms with Crippen molar-refractivity contribution in [1.82, 2.24) is 15.2 Å². The molecule has 2 aromatic carbocycles. The Labute approximate surface area is 171 Å². The first-order chi connectivity index (χ1) is 13.3. The van der Waals surface area contributed by atoms with E-state index in [0.29, 0.717) is 27.8 Å². The molecule has 3 rings (SSSR count). The average molecular weight is 464 g/mol. The van der Waals surface area contributed by atoms with Crippen LogP contribution >= 0.6 is 27.7 Å². The molecule has 28 heavy (non-hydrogen) atoms. The molecule has 1 aromatic heterocycles. The molecule has 0 bridgehead atoms. The van der Waals surface area contributed by atoms with Crippen LogP contribution in [0.1, 0.15) is 5.56 Å². The topological polar surface area (TPSA) is 134 Å². The zero-order valence-electron chi connectivity index (χ0n) is 14.5. The monoisotopic (exact) mass is 463 g/mol. The minimum Gasteiger partial charge on any atom is -0.507 e. The van der Waals surface area contributed by atoms with E-state index >= 15 is 0 Å². The van der Waals surface area contributed by atoms with Gasteiger partial charge in [-0.15, -0.1) is 5.10 Å². The summed E-state index contributed by atoms with van der Waals surface area (Å²) < 4.78 is 0.781. The number of aromatic amines is 1. The van der Waals surface area contributed by atoms with Crippen LogP contribution in [0.3, 0.4) is 0 Å². The Morgan fingerprint density at radius 1 is 1.36 bits per heavy atom. The van der Waals surface area contributed by atoms with E-state index in [9.17, 15) is 20.0 Å². The number of aryl methyl sites for hydroxylation is 1. The zero-order valence-corrected chi connectivity index (χ0v) is 16.9. The van der Waals surface area contributed by atoms with E-state index in [1.54, 1.807) is 19.1 Å². The molecule has 0 saturated carbocycles. The molecule has 1 heterocycles. The molecule has 0 aliphatic rings. The van der Waals surface area contributed by atoms with Gasteiger partial charge in [-0.25, -0.2) is 4.98 Å². The van der Waals surface area contributed by atoms with Gasteiger partial charge in [0.05, 0.1) is 16.2 Å². The number of nitrogens with one attached hydrogen (secondary N) is 2. The number of phenols is 1. The van der Waals surface area contributed by atoms with Crippen LogP contribution in [0.2, 0.25) is 0 Å². The van der Waals surface area contributed by atoms with E-state index in [4.69, 9.17) is 0 Å². The minimum atomic E-state index is -0.488. The van der Waals surface area contributed by atoms with Gasteiger partial charge in [-0.3, -0.25) is 20.0 Å². The number of aromatic nitrogens is 3. The highest BCUT2D eigenvalue weighted by atomic mass is 79.9. The van der Waals surface area contributed by atoms with Gasteiger partial charge in [-0.1, -0.05) is 27.7 Å². The standard InChI is InChI=1S/C17H14BrN5O4S/c1-9-6-11(23(26)27)3-4-13(9)19-15(25)8-28-17-20-16(21-22-17)12-7-10(18)2-5-14(12)24/h2-7,24H,8H2,1H3,(H,19,25)(H,20,21,22). The molecule has 0 atom stereocenters. The lowest BCUT2D eigenvalue weighted by Gasteiger charge is -2.07. The number of nitro groups is 1. The van der Waals surface area contributed by atoms with E-state index < -0.39 is 4.92 Å². The Morgan fingerprint density at radius 2 is 2.14 bits per heavy atom. The fourth-order valence-corrected chi connectivity index (χ4v) is 3.31. The number of amides is 1. The molecule has 1 amide bonds. The van der Waals surface area contributed by atoms with Crippen LogP contribution in [0.15, 0.2) is 46.0 Å². The highest BCUT2D eigenvalue weighted by molar-refractivity contribution is 9.10. The molecular weight excluding hydrogens is 450 g/mol. The number of nitro benzene ring substituents is 1. The Balaban J connectivity index is 1.62. The third-order valence-corrected chi connectivity index (χ3v) is 5.05. The lowest BCUT2D eigenvalue weighted by atomic mass is 10.2. The van der Waals surface area contributed by atoms with Gasteiger partial charge >= 0.3 is 0 Å². The fourth-order valence-electron chi connectivity index (χ4n) is 2.35. The van der Waals surface area contributed by atoms with Crippen LogP contribution < -0.4 is 5.32 Å². The number of carbonyl (C=O) groups excluding carboxylic acids is 1. The molecule has 0 radical (unpaired) electrons. The predicted molar refractivity (Wildman–Crippen MR) is 108 cm³/mol. The number of rotatable bonds is 6. The van der Waals surface area contributed by atoms with Crippen molar-refractivity contribution >= 4 is 45.0 Å². The predicted octanol–water partition coefficient (Wildman–Crippen LogP) is 3.89. The number of halogens is 1. The van der Waals surface area contributed by atoms with Crippen LogP contribution in [-0.4, -0.2) is 36.9 Å². The van der Waals surface area contributed by atoms with Crippen molar-refractivity contribution in [2.75, 3.05) is 11.1 Å². The largest absolute Gasteiger partial charge is 0.507 e. The minimum absolute atomic E-state index is 0.0334. The number of aromatic hydroxyl groups is 1. The van der Waals surface area contributed by atoms with E-state index in [0.717, 1.165) is 16.2 Å². The number of phenolic OH excluding ortho intramolecular Hbond substituents is 1. The first kappa shape index (κ1) is 19.8. The second-order valence-electron chi connectivity index (χ2n) is 5.72. The Morgan fingerprint density at radius 3 is 2.86 bits per heavy atom. The Bertz CT molecular complexity index is 1060. The average Bonchev–Trinajstić information content (AvgIpc) is 3.12.